The molecule has 0 aromatic heterocycles. The van der Waals surface area contributed by atoms with Crippen molar-refractivity contribution in [3.05, 3.63) is 70.2 Å². The summed E-state index contributed by atoms with van der Waals surface area (Å²) in [5, 5.41) is 12.0. The van der Waals surface area contributed by atoms with Crippen LogP contribution in [0.5, 0.6) is 0 Å². The fourth-order valence-corrected chi connectivity index (χ4v) is 3.29. The Morgan fingerprint density at radius 2 is 1.79 bits per heavy atom. The van der Waals surface area contributed by atoms with E-state index in [1.165, 1.54) is 0 Å². The van der Waals surface area contributed by atoms with Crippen LogP contribution in [0.15, 0.2) is 48.5 Å². The topological polar surface area (TPSA) is 76.4 Å². The number of rotatable bonds is 5. The highest BCUT2D eigenvalue weighted by Crippen LogP contribution is 2.11. The molecule has 1 N–H and O–H groups in total. The van der Waals surface area contributed by atoms with Crippen LogP contribution >= 0.6 is 11.6 Å². The lowest BCUT2D eigenvalue weighted by Crippen LogP contribution is -2.50. The molecule has 1 fully saturated rings. The summed E-state index contributed by atoms with van der Waals surface area (Å²) >= 11 is 5.89. The Morgan fingerprint density at radius 1 is 1.07 bits per heavy atom. The predicted octanol–water partition coefficient (Wildman–Crippen LogP) is 2.29. The fourth-order valence-electron chi connectivity index (χ4n) is 3.10. The van der Waals surface area contributed by atoms with E-state index in [1.807, 2.05) is 24.3 Å². The molecule has 0 aliphatic carbocycles. The van der Waals surface area contributed by atoms with Gasteiger partial charge in [-0.3, -0.25) is 14.5 Å². The van der Waals surface area contributed by atoms with Gasteiger partial charge in [0.2, 0.25) is 5.91 Å². The Hall–Kier alpha value is -2.88. The van der Waals surface area contributed by atoms with Crippen molar-refractivity contribution < 1.29 is 9.59 Å². The first-order valence-electron chi connectivity index (χ1n) is 9.08. The quantitative estimate of drug-likeness (QED) is 0.841. The van der Waals surface area contributed by atoms with Crippen molar-refractivity contribution in [2.24, 2.45) is 0 Å². The molecule has 0 saturated carbocycles. The summed E-state index contributed by atoms with van der Waals surface area (Å²) in [5.74, 6) is -0.399. The molecule has 0 spiro atoms. The van der Waals surface area contributed by atoms with E-state index in [0.29, 0.717) is 29.2 Å². The molecule has 3 rings (SSSR count). The second kappa shape index (κ2) is 9.36. The maximum absolute atomic E-state index is 12.4. The number of piperazine rings is 1. The number of halogens is 1. The van der Waals surface area contributed by atoms with Gasteiger partial charge < -0.3 is 10.2 Å². The third kappa shape index (κ3) is 5.32. The number of carbonyl (C=O) groups is 2. The normalized spacial score (nSPS) is 14.4. The van der Waals surface area contributed by atoms with Crippen LogP contribution in [-0.4, -0.2) is 54.3 Å². The molecular formula is C21H21ClN4O2. The molecule has 1 heterocycles. The van der Waals surface area contributed by atoms with E-state index in [-0.39, 0.29) is 18.4 Å². The molecule has 0 radical (unpaired) electrons. The van der Waals surface area contributed by atoms with Gasteiger partial charge in [-0.25, -0.2) is 0 Å². The molecule has 1 aliphatic rings. The van der Waals surface area contributed by atoms with Crippen molar-refractivity contribution in [2.45, 2.75) is 6.54 Å². The molecule has 2 amide bonds. The highest BCUT2D eigenvalue weighted by molar-refractivity contribution is 6.30. The van der Waals surface area contributed by atoms with Crippen molar-refractivity contribution in [1.29, 1.82) is 5.26 Å². The summed E-state index contributed by atoms with van der Waals surface area (Å²) in [7, 11) is 0. The van der Waals surface area contributed by atoms with Gasteiger partial charge in [-0.15, -0.1) is 0 Å². The van der Waals surface area contributed by atoms with Crippen molar-refractivity contribution in [2.75, 3.05) is 32.7 Å². The van der Waals surface area contributed by atoms with Crippen LogP contribution in [0.25, 0.3) is 0 Å². The summed E-state index contributed by atoms with van der Waals surface area (Å²) in [6, 6.07) is 16.3. The first-order valence-corrected chi connectivity index (χ1v) is 9.46. The van der Waals surface area contributed by atoms with Gasteiger partial charge in [0.25, 0.3) is 5.91 Å². The van der Waals surface area contributed by atoms with E-state index >= 15 is 0 Å². The summed E-state index contributed by atoms with van der Waals surface area (Å²) in [5.41, 5.74) is 2.24. The number of amides is 2. The number of nitriles is 1. The van der Waals surface area contributed by atoms with Crippen LogP contribution in [-0.2, 0) is 11.3 Å². The Balaban J connectivity index is 1.43. The molecule has 28 heavy (non-hydrogen) atoms. The van der Waals surface area contributed by atoms with E-state index in [4.69, 9.17) is 16.9 Å². The number of hydrogen-bond acceptors (Lipinski definition) is 4. The maximum atomic E-state index is 12.4. The average molecular weight is 397 g/mol. The van der Waals surface area contributed by atoms with Crippen molar-refractivity contribution in [3.8, 4) is 6.07 Å². The number of carbonyl (C=O) groups excluding carboxylic acids is 2. The zero-order valence-corrected chi connectivity index (χ0v) is 16.2. The monoisotopic (exact) mass is 396 g/mol. The van der Waals surface area contributed by atoms with Gasteiger partial charge in [-0.1, -0.05) is 29.8 Å². The Kier molecular flexibility index (Phi) is 6.64. The molecule has 1 aliphatic heterocycles. The van der Waals surface area contributed by atoms with Crippen molar-refractivity contribution >= 4 is 23.4 Å². The van der Waals surface area contributed by atoms with Gasteiger partial charge in [0.15, 0.2) is 0 Å². The third-order valence-corrected chi connectivity index (χ3v) is 4.94. The van der Waals surface area contributed by atoms with Crippen molar-refractivity contribution in [3.63, 3.8) is 0 Å². The van der Waals surface area contributed by atoms with Gasteiger partial charge in [-0.2, -0.15) is 5.26 Å². The minimum absolute atomic E-state index is 0.0268. The van der Waals surface area contributed by atoms with Crippen LogP contribution in [0.1, 0.15) is 21.5 Å². The van der Waals surface area contributed by atoms with Crippen LogP contribution < -0.4 is 5.32 Å². The third-order valence-electron chi connectivity index (χ3n) is 4.70. The SMILES string of the molecule is N#Cc1ccc(CN2CCN(C(=O)CNC(=O)c3cccc(Cl)c3)CC2)cc1. The molecule has 2 aromatic rings. The Bertz CT molecular complexity index is 884. The number of nitrogens with zero attached hydrogens (tertiary/aromatic N) is 3. The van der Waals surface area contributed by atoms with Gasteiger partial charge >= 0.3 is 0 Å². The first kappa shape index (κ1) is 19.9. The largest absolute Gasteiger partial charge is 0.343 e. The molecular weight excluding hydrogens is 376 g/mol. The van der Waals surface area contributed by atoms with Crippen LogP contribution in [0, 0.1) is 11.3 Å². The maximum Gasteiger partial charge on any atom is 0.251 e. The lowest BCUT2D eigenvalue weighted by atomic mass is 10.1. The highest BCUT2D eigenvalue weighted by Gasteiger charge is 2.21. The summed E-state index contributed by atoms with van der Waals surface area (Å²) in [6.07, 6.45) is 0. The second-order valence-electron chi connectivity index (χ2n) is 6.66. The molecule has 6 nitrogen and oxygen atoms in total. The average Bonchev–Trinajstić information content (AvgIpc) is 2.73. The van der Waals surface area contributed by atoms with Gasteiger partial charge in [0, 0.05) is 43.3 Å². The van der Waals surface area contributed by atoms with Crippen LogP contribution in [0.2, 0.25) is 5.02 Å². The fraction of sp³-hybridized carbons (Fsp3) is 0.286. The van der Waals surface area contributed by atoms with Gasteiger partial charge in [0.1, 0.15) is 0 Å². The summed E-state index contributed by atoms with van der Waals surface area (Å²) in [4.78, 5) is 28.5. The predicted molar refractivity (Wildman–Crippen MR) is 107 cm³/mol. The molecule has 0 unspecified atom stereocenters. The summed E-state index contributed by atoms with van der Waals surface area (Å²) < 4.78 is 0. The van der Waals surface area contributed by atoms with Crippen LogP contribution in [0.4, 0.5) is 0 Å². The van der Waals surface area contributed by atoms with Crippen LogP contribution in [0.3, 0.4) is 0 Å². The number of hydrogen-bond donors (Lipinski definition) is 1. The molecule has 144 valence electrons. The zero-order chi connectivity index (χ0) is 19.9. The Labute approximate surface area is 169 Å². The van der Waals surface area contributed by atoms with Crippen molar-refractivity contribution in [1.82, 2.24) is 15.1 Å². The van der Waals surface area contributed by atoms with E-state index in [1.54, 1.807) is 29.2 Å². The smallest absolute Gasteiger partial charge is 0.251 e. The minimum atomic E-state index is -0.310. The zero-order valence-electron chi connectivity index (χ0n) is 15.4. The molecule has 1 saturated heterocycles. The van der Waals surface area contributed by atoms with Gasteiger partial charge in [0.05, 0.1) is 18.2 Å². The lowest BCUT2D eigenvalue weighted by Gasteiger charge is -2.34. The highest BCUT2D eigenvalue weighted by atomic mass is 35.5. The minimum Gasteiger partial charge on any atom is -0.343 e. The molecule has 2 aromatic carbocycles. The second-order valence-corrected chi connectivity index (χ2v) is 7.10. The number of benzene rings is 2. The first-order chi connectivity index (χ1) is 13.5. The number of nitrogens with one attached hydrogen (secondary N) is 1. The molecule has 7 heteroatoms. The molecule has 0 bridgehead atoms. The lowest BCUT2D eigenvalue weighted by molar-refractivity contribution is -0.131. The summed E-state index contributed by atoms with van der Waals surface area (Å²) in [6.45, 7) is 3.56. The standard InChI is InChI=1S/C21H21ClN4O2/c22-19-3-1-2-18(12-19)21(28)24-14-20(27)26-10-8-25(9-11-26)15-17-6-4-16(13-23)5-7-17/h1-7,12H,8-11,14-15H2,(H,24,28). The van der Waals surface area contributed by atoms with E-state index < -0.39 is 0 Å². The van der Waals surface area contributed by atoms with E-state index in [0.717, 1.165) is 25.2 Å². The molecule has 0 atom stereocenters. The Morgan fingerprint density at radius 3 is 2.43 bits per heavy atom. The van der Waals surface area contributed by atoms with Gasteiger partial charge in [-0.05, 0) is 35.9 Å². The van der Waals surface area contributed by atoms with E-state index in [2.05, 4.69) is 16.3 Å². The van der Waals surface area contributed by atoms with E-state index in [9.17, 15) is 9.59 Å².